The first-order valence-electron chi connectivity index (χ1n) is 20.2. The van der Waals surface area contributed by atoms with E-state index >= 15 is 0 Å². The molecule has 0 radical (unpaired) electrons. The standard InChI is InChI=1S/C40H75O8P/c1-3-5-7-9-11-13-15-17-19-21-23-25-27-29-31-33-35-45-39(41)37-47-49(43,44)48-38-40(42)46-36-34-32-30-28-26-24-22-20-18-16-14-12-10-8-6-4-2/h33-36H,3-32,37-38H2,1-2H3,(H,43,44). The first-order chi connectivity index (χ1) is 23.9. The van der Waals surface area contributed by atoms with Crippen molar-refractivity contribution in [1.82, 2.24) is 0 Å². The van der Waals surface area contributed by atoms with E-state index in [2.05, 4.69) is 22.9 Å². The van der Waals surface area contributed by atoms with E-state index in [0.717, 1.165) is 38.5 Å². The quantitative estimate of drug-likeness (QED) is 0.0291. The second-order valence-corrected chi connectivity index (χ2v) is 15.0. The minimum atomic E-state index is -4.60. The summed E-state index contributed by atoms with van der Waals surface area (Å²) >= 11 is 0. The molecule has 0 saturated heterocycles. The zero-order valence-corrected chi connectivity index (χ0v) is 32.6. The number of ether oxygens (including phenoxy) is 2. The van der Waals surface area contributed by atoms with Crippen LogP contribution in [-0.4, -0.2) is 30.0 Å². The lowest BCUT2D eigenvalue weighted by Crippen LogP contribution is -2.13. The molecule has 0 fully saturated rings. The molecule has 9 heteroatoms. The number of unbranched alkanes of at least 4 members (excludes halogenated alkanes) is 28. The molecule has 0 bridgehead atoms. The number of rotatable bonds is 38. The molecule has 0 amide bonds. The Morgan fingerprint density at radius 3 is 0.959 bits per heavy atom. The summed E-state index contributed by atoms with van der Waals surface area (Å²) in [6.07, 6.45) is 44.2. The highest BCUT2D eigenvalue weighted by atomic mass is 31.2. The molecule has 0 aromatic carbocycles. The van der Waals surface area contributed by atoms with Crippen LogP contribution < -0.4 is 0 Å². The Hall–Kier alpha value is -1.47. The summed E-state index contributed by atoms with van der Waals surface area (Å²) in [5.41, 5.74) is 0. The minimum Gasteiger partial charge on any atom is -0.433 e. The summed E-state index contributed by atoms with van der Waals surface area (Å²) < 4.78 is 31.0. The third-order valence-corrected chi connectivity index (χ3v) is 9.64. The maximum Gasteiger partial charge on any atom is 0.473 e. The molecule has 0 aromatic rings. The first kappa shape index (κ1) is 47.5. The molecule has 0 spiro atoms. The highest BCUT2D eigenvalue weighted by Crippen LogP contribution is 2.42. The largest absolute Gasteiger partial charge is 0.473 e. The van der Waals surface area contributed by atoms with Gasteiger partial charge in [0.1, 0.15) is 0 Å². The van der Waals surface area contributed by atoms with Crippen molar-refractivity contribution in [2.75, 3.05) is 13.2 Å². The van der Waals surface area contributed by atoms with Crippen LogP contribution >= 0.6 is 7.82 Å². The van der Waals surface area contributed by atoms with Gasteiger partial charge in [0, 0.05) is 0 Å². The van der Waals surface area contributed by atoms with Crippen molar-refractivity contribution in [3.05, 3.63) is 24.7 Å². The van der Waals surface area contributed by atoms with Crippen LogP contribution in [0, 0.1) is 0 Å². The van der Waals surface area contributed by atoms with E-state index in [1.54, 1.807) is 12.2 Å². The molecule has 0 rings (SSSR count). The van der Waals surface area contributed by atoms with Gasteiger partial charge in [-0.3, -0.25) is 9.05 Å². The Bertz CT molecular complexity index is 780. The fourth-order valence-electron chi connectivity index (χ4n) is 5.67. The average Bonchev–Trinajstić information content (AvgIpc) is 3.09. The zero-order valence-electron chi connectivity index (χ0n) is 31.7. The molecule has 0 heterocycles. The highest BCUT2D eigenvalue weighted by molar-refractivity contribution is 7.47. The number of phosphoric acid groups is 1. The van der Waals surface area contributed by atoms with Crippen LogP contribution in [0.3, 0.4) is 0 Å². The molecule has 288 valence electrons. The number of carbonyl (C=O) groups excluding carboxylic acids is 2. The maximum atomic E-state index is 11.9. The Labute approximate surface area is 301 Å². The van der Waals surface area contributed by atoms with Gasteiger partial charge >= 0.3 is 19.8 Å². The van der Waals surface area contributed by atoms with Crippen LogP contribution in [0.2, 0.25) is 0 Å². The summed E-state index contributed by atoms with van der Waals surface area (Å²) in [5.74, 6) is -1.66. The molecule has 0 aliphatic rings. The lowest BCUT2D eigenvalue weighted by molar-refractivity contribution is -0.141. The SMILES string of the molecule is CCCCCCCCCCCCCCCCC=COC(=O)COP(=O)(O)OCC(=O)OC=CCCCCCCCCCCCCCCCC. The Morgan fingerprint density at radius 2 is 0.694 bits per heavy atom. The van der Waals surface area contributed by atoms with Gasteiger partial charge in [-0.2, -0.15) is 0 Å². The summed E-state index contributed by atoms with van der Waals surface area (Å²) in [6, 6.07) is 0. The Kier molecular flexibility index (Phi) is 36.6. The third kappa shape index (κ3) is 39.2. The first-order valence-corrected chi connectivity index (χ1v) is 21.7. The van der Waals surface area contributed by atoms with Crippen LogP contribution in [0.4, 0.5) is 0 Å². The molecule has 1 N–H and O–H groups in total. The highest BCUT2D eigenvalue weighted by Gasteiger charge is 2.24. The van der Waals surface area contributed by atoms with Crippen molar-refractivity contribution in [2.45, 2.75) is 206 Å². The summed E-state index contributed by atoms with van der Waals surface area (Å²) in [7, 11) is -4.60. The predicted octanol–water partition coefficient (Wildman–Crippen LogP) is 13.0. The van der Waals surface area contributed by atoms with Crippen LogP contribution in [0.5, 0.6) is 0 Å². The number of hydrogen-bond donors (Lipinski definition) is 1. The number of hydrogen-bond acceptors (Lipinski definition) is 7. The van der Waals surface area contributed by atoms with E-state index in [9.17, 15) is 19.0 Å². The van der Waals surface area contributed by atoms with Gasteiger partial charge in [-0.25, -0.2) is 14.2 Å². The fraction of sp³-hybridized carbons (Fsp3) is 0.850. The van der Waals surface area contributed by atoms with Crippen molar-refractivity contribution >= 4 is 19.8 Å². The van der Waals surface area contributed by atoms with E-state index in [1.807, 2.05) is 0 Å². The van der Waals surface area contributed by atoms with Gasteiger partial charge < -0.3 is 14.4 Å². The third-order valence-electron chi connectivity index (χ3n) is 8.73. The van der Waals surface area contributed by atoms with Crippen molar-refractivity contribution in [2.24, 2.45) is 0 Å². The molecule has 0 aliphatic heterocycles. The number of carbonyl (C=O) groups is 2. The van der Waals surface area contributed by atoms with Gasteiger partial charge in [0.25, 0.3) is 0 Å². The van der Waals surface area contributed by atoms with E-state index < -0.39 is 33.0 Å². The lowest BCUT2D eigenvalue weighted by atomic mass is 10.0. The van der Waals surface area contributed by atoms with Crippen molar-refractivity contribution in [3.8, 4) is 0 Å². The van der Waals surface area contributed by atoms with Gasteiger partial charge in [-0.05, 0) is 37.8 Å². The molecule has 8 nitrogen and oxygen atoms in total. The molecule has 0 atom stereocenters. The van der Waals surface area contributed by atoms with Crippen molar-refractivity contribution < 1.29 is 37.6 Å². The normalized spacial score (nSPS) is 13.0. The van der Waals surface area contributed by atoms with Gasteiger partial charge in [0.15, 0.2) is 13.2 Å². The van der Waals surface area contributed by atoms with Crippen LogP contribution in [0.25, 0.3) is 0 Å². The van der Waals surface area contributed by atoms with Crippen LogP contribution in [0.1, 0.15) is 206 Å². The molecule has 0 saturated carbocycles. The number of phosphoric ester groups is 1. The molecule has 49 heavy (non-hydrogen) atoms. The van der Waals surface area contributed by atoms with E-state index in [0.29, 0.717) is 0 Å². The topological polar surface area (TPSA) is 108 Å². The molecule has 0 unspecified atom stereocenters. The number of esters is 2. The average molecular weight is 715 g/mol. The van der Waals surface area contributed by atoms with Gasteiger partial charge in [-0.1, -0.05) is 181 Å². The summed E-state index contributed by atoms with van der Waals surface area (Å²) in [6.45, 7) is 2.97. The summed E-state index contributed by atoms with van der Waals surface area (Å²) in [5, 5.41) is 0. The molecule has 0 aromatic heterocycles. The van der Waals surface area contributed by atoms with Gasteiger partial charge in [0.2, 0.25) is 0 Å². The second-order valence-electron chi connectivity index (χ2n) is 13.5. The van der Waals surface area contributed by atoms with Gasteiger partial charge in [0.05, 0.1) is 12.5 Å². The maximum absolute atomic E-state index is 11.9. The van der Waals surface area contributed by atoms with Crippen LogP contribution in [-0.2, 0) is 32.7 Å². The van der Waals surface area contributed by atoms with E-state index in [-0.39, 0.29) is 0 Å². The second kappa shape index (κ2) is 37.8. The molecule has 0 aliphatic carbocycles. The molecular weight excluding hydrogens is 639 g/mol. The van der Waals surface area contributed by atoms with Crippen LogP contribution in [0.15, 0.2) is 24.7 Å². The number of allylic oxidation sites excluding steroid dienone is 2. The fourth-order valence-corrected chi connectivity index (χ4v) is 6.28. The Morgan fingerprint density at radius 1 is 0.449 bits per heavy atom. The lowest BCUT2D eigenvalue weighted by Gasteiger charge is -2.10. The monoisotopic (exact) mass is 715 g/mol. The Balaban J connectivity index is 3.59. The minimum absolute atomic E-state index is 0.773. The zero-order chi connectivity index (χ0) is 35.9. The smallest absolute Gasteiger partial charge is 0.433 e. The van der Waals surface area contributed by atoms with E-state index in [1.165, 1.54) is 167 Å². The van der Waals surface area contributed by atoms with Gasteiger partial charge in [-0.15, -0.1) is 0 Å². The predicted molar refractivity (Wildman–Crippen MR) is 202 cm³/mol. The van der Waals surface area contributed by atoms with Crippen molar-refractivity contribution in [1.29, 1.82) is 0 Å². The van der Waals surface area contributed by atoms with E-state index in [4.69, 9.17) is 9.47 Å². The summed E-state index contributed by atoms with van der Waals surface area (Å²) in [4.78, 5) is 33.3. The van der Waals surface area contributed by atoms with Crippen molar-refractivity contribution in [3.63, 3.8) is 0 Å². The molecular formula is C40H75O8P.